The number of carbonyl (C=O) groups excluding carboxylic acids is 3. The Kier molecular flexibility index (Phi) is 7.63. The summed E-state index contributed by atoms with van der Waals surface area (Å²) in [7, 11) is 0. The van der Waals surface area contributed by atoms with Crippen LogP contribution in [0.15, 0.2) is 12.7 Å². The molecule has 0 saturated carbocycles. The lowest BCUT2D eigenvalue weighted by Gasteiger charge is -2.22. The number of hydrogen-bond donors (Lipinski definition) is 0. The van der Waals surface area contributed by atoms with Crippen LogP contribution in [0.25, 0.3) is 0 Å². The van der Waals surface area contributed by atoms with Crippen LogP contribution in [-0.2, 0) is 24.0 Å². The largest absolute Gasteiger partial charge is 0.461 e. The fraction of sp³-hybridized carbons (Fsp3) is 0.688. The molecule has 124 valence electrons. The molecule has 0 N–H and O–H groups in total. The standard InChI is InChI=1S/C16H25NO5/c1-4-11-21-15(19)9-5-7-13(12(2)3)16(20)22-17-10-6-8-14(17)18/h4,12-13H,1,5-11H2,2-3H3/t13-/m0/s1. The Bertz CT molecular complexity index is 419. The smallest absolute Gasteiger partial charge is 0.335 e. The molecule has 1 fully saturated rings. The molecule has 0 aromatic rings. The van der Waals surface area contributed by atoms with E-state index in [9.17, 15) is 14.4 Å². The van der Waals surface area contributed by atoms with Gasteiger partial charge in [-0.3, -0.25) is 9.59 Å². The van der Waals surface area contributed by atoms with E-state index in [1.165, 1.54) is 6.08 Å². The van der Waals surface area contributed by atoms with Gasteiger partial charge in [-0.25, -0.2) is 4.79 Å². The highest BCUT2D eigenvalue weighted by atomic mass is 16.7. The first-order valence-electron chi connectivity index (χ1n) is 7.74. The average molecular weight is 311 g/mol. The molecule has 22 heavy (non-hydrogen) atoms. The first-order valence-corrected chi connectivity index (χ1v) is 7.74. The summed E-state index contributed by atoms with van der Waals surface area (Å²) in [5.41, 5.74) is 0. The Morgan fingerprint density at radius 3 is 2.68 bits per heavy atom. The molecular weight excluding hydrogens is 286 g/mol. The third-order valence-electron chi connectivity index (χ3n) is 3.60. The predicted octanol–water partition coefficient (Wildman–Crippen LogP) is 2.24. The minimum atomic E-state index is -0.398. The van der Waals surface area contributed by atoms with Crippen molar-refractivity contribution < 1.29 is 24.0 Å². The van der Waals surface area contributed by atoms with Gasteiger partial charge in [-0.1, -0.05) is 26.5 Å². The molecule has 0 aliphatic carbocycles. The zero-order chi connectivity index (χ0) is 16.5. The zero-order valence-electron chi connectivity index (χ0n) is 13.4. The molecule has 0 aromatic heterocycles. The number of hydrogen-bond acceptors (Lipinski definition) is 5. The fourth-order valence-corrected chi connectivity index (χ4v) is 2.31. The highest BCUT2D eigenvalue weighted by molar-refractivity contribution is 5.80. The molecule has 1 atom stereocenters. The maximum Gasteiger partial charge on any atom is 0.335 e. The third-order valence-corrected chi connectivity index (χ3v) is 3.60. The van der Waals surface area contributed by atoms with Crippen LogP contribution in [0, 0.1) is 11.8 Å². The zero-order valence-corrected chi connectivity index (χ0v) is 13.4. The van der Waals surface area contributed by atoms with Crippen LogP contribution in [0.5, 0.6) is 0 Å². The molecule has 1 saturated heterocycles. The normalized spacial score (nSPS) is 15.8. The molecule has 1 aliphatic heterocycles. The van der Waals surface area contributed by atoms with Gasteiger partial charge in [-0.2, -0.15) is 5.06 Å². The van der Waals surface area contributed by atoms with E-state index in [-0.39, 0.29) is 36.7 Å². The van der Waals surface area contributed by atoms with Gasteiger partial charge in [0.05, 0.1) is 12.5 Å². The fourth-order valence-electron chi connectivity index (χ4n) is 2.31. The summed E-state index contributed by atoms with van der Waals surface area (Å²) in [5, 5.41) is 1.15. The Morgan fingerprint density at radius 2 is 2.14 bits per heavy atom. The molecule has 0 aromatic carbocycles. The highest BCUT2D eigenvalue weighted by Gasteiger charge is 2.30. The van der Waals surface area contributed by atoms with E-state index in [1.54, 1.807) is 0 Å². The van der Waals surface area contributed by atoms with Gasteiger partial charge in [0.2, 0.25) is 0 Å². The minimum absolute atomic E-state index is 0.0781. The predicted molar refractivity (Wildman–Crippen MR) is 80.4 cm³/mol. The van der Waals surface area contributed by atoms with Crippen molar-refractivity contribution in [1.82, 2.24) is 5.06 Å². The molecule has 0 radical (unpaired) electrons. The van der Waals surface area contributed by atoms with E-state index in [4.69, 9.17) is 9.57 Å². The molecule has 0 bridgehead atoms. The lowest BCUT2D eigenvalue weighted by Crippen LogP contribution is -2.33. The van der Waals surface area contributed by atoms with Crippen molar-refractivity contribution in [3.8, 4) is 0 Å². The maximum absolute atomic E-state index is 12.2. The van der Waals surface area contributed by atoms with Crippen LogP contribution in [0.4, 0.5) is 0 Å². The molecule has 1 amide bonds. The third kappa shape index (κ3) is 5.87. The number of amides is 1. The second-order valence-corrected chi connectivity index (χ2v) is 5.72. The van der Waals surface area contributed by atoms with Crippen molar-refractivity contribution >= 4 is 17.8 Å². The first-order chi connectivity index (χ1) is 10.5. The van der Waals surface area contributed by atoms with Crippen LogP contribution in [0.1, 0.15) is 46.0 Å². The Morgan fingerprint density at radius 1 is 1.41 bits per heavy atom. The van der Waals surface area contributed by atoms with Gasteiger partial charge in [-0.15, -0.1) is 0 Å². The van der Waals surface area contributed by atoms with E-state index in [2.05, 4.69) is 6.58 Å². The maximum atomic E-state index is 12.2. The minimum Gasteiger partial charge on any atom is -0.461 e. The van der Waals surface area contributed by atoms with Crippen LogP contribution < -0.4 is 0 Å². The first kappa shape index (κ1) is 18.2. The van der Waals surface area contributed by atoms with Crippen molar-refractivity contribution in [3.05, 3.63) is 12.7 Å². The van der Waals surface area contributed by atoms with E-state index in [1.807, 2.05) is 13.8 Å². The number of rotatable bonds is 9. The lowest BCUT2D eigenvalue weighted by atomic mass is 9.91. The lowest BCUT2D eigenvalue weighted by molar-refractivity contribution is -0.198. The molecule has 1 heterocycles. The average Bonchev–Trinajstić information content (AvgIpc) is 2.86. The summed E-state index contributed by atoms with van der Waals surface area (Å²) >= 11 is 0. The Balaban J connectivity index is 2.40. The SMILES string of the molecule is C=CCOC(=O)CCC[C@H](C(=O)ON1CCCC1=O)C(C)C. The van der Waals surface area contributed by atoms with Crippen LogP contribution in [-0.4, -0.2) is 36.1 Å². The number of esters is 1. The van der Waals surface area contributed by atoms with E-state index < -0.39 is 5.97 Å². The number of carbonyl (C=O) groups is 3. The topological polar surface area (TPSA) is 72.9 Å². The van der Waals surface area contributed by atoms with Gasteiger partial charge in [0.25, 0.3) is 5.91 Å². The second kappa shape index (κ2) is 9.23. The second-order valence-electron chi connectivity index (χ2n) is 5.72. The quantitative estimate of drug-likeness (QED) is 0.482. The van der Waals surface area contributed by atoms with Gasteiger partial charge in [-0.05, 0) is 25.2 Å². The van der Waals surface area contributed by atoms with Gasteiger partial charge in [0.1, 0.15) is 6.61 Å². The van der Waals surface area contributed by atoms with Crippen molar-refractivity contribution in [2.75, 3.05) is 13.2 Å². The van der Waals surface area contributed by atoms with Gasteiger partial charge in [0.15, 0.2) is 0 Å². The van der Waals surface area contributed by atoms with Gasteiger partial charge >= 0.3 is 11.9 Å². The summed E-state index contributed by atoms with van der Waals surface area (Å²) in [6, 6.07) is 0. The number of hydroxylamine groups is 2. The molecule has 0 spiro atoms. The molecule has 1 rings (SSSR count). The van der Waals surface area contributed by atoms with Crippen LogP contribution in [0.3, 0.4) is 0 Å². The molecule has 6 nitrogen and oxygen atoms in total. The van der Waals surface area contributed by atoms with Crippen molar-refractivity contribution in [3.63, 3.8) is 0 Å². The summed E-state index contributed by atoms with van der Waals surface area (Å²) in [6.07, 6.45) is 3.98. The monoisotopic (exact) mass is 311 g/mol. The summed E-state index contributed by atoms with van der Waals surface area (Å²) < 4.78 is 4.89. The summed E-state index contributed by atoms with van der Waals surface area (Å²) in [5.74, 6) is -1.10. The van der Waals surface area contributed by atoms with Crippen molar-refractivity contribution in [2.45, 2.75) is 46.0 Å². The summed E-state index contributed by atoms with van der Waals surface area (Å²) in [4.78, 5) is 40.3. The van der Waals surface area contributed by atoms with Gasteiger partial charge in [0, 0.05) is 12.8 Å². The van der Waals surface area contributed by atoms with E-state index in [0.717, 1.165) is 5.06 Å². The Hall–Kier alpha value is -1.85. The van der Waals surface area contributed by atoms with Crippen LogP contribution >= 0.6 is 0 Å². The Labute approximate surface area is 131 Å². The molecule has 6 heteroatoms. The van der Waals surface area contributed by atoms with Crippen molar-refractivity contribution in [2.24, 2.45) is 11.8 Å². The number of ether oxygens (including phenoxy) is 1. The summed E-state index contributed by atoms with van der Waals surface area (Å²) in [6.45, 7) is 7.98. The van der Waals surface area contributed by atoms with Crippen LogP contribution in [0.2, 0.25) is 0 Å². The molecule has 1 aliphatic rings. The van der Waals surface area contributed by atoms with Gasteiger partial charge < -0.3 is 9.57 Å². The molecular formula is C16H25NO5. The highest BCUT2D eigenvalue weighted by Crippen LogP contribution is 2.22. The number of nitrogens with zero attached hydrogens (tertiary/aromatic N) is 1. The van der Waals surface area contributed by atoms with E-state index in [0.29, 0.717) is 32.2 Å². The van der Waals surface area contributed by atoms with E-state index >= 15 is 0 Å². The van der Waals surface area contributed by atoms with Crippen molar-refractivity contribution in [1.29, 1.82) is 0 Å². The molecule has 0 unspecified atom stereocenters.